The third-order valence-corrected chi connectivity index (χ3v) is 4.22. The van der Waals surface area contributed by atoms with E-state index in [1.54, 1.807) is 10.8 Å². The standard InChI is InChI=1S/C15H14F2N2O3/c16-9-3-1-2-8(12(9)17)15-18-4-5-19(15)10-6-21-14-11(20)7-22-13(10)14/h1-5,10-11,13-14,20H,6-7H2/t10-,11+,13+,14+/m0/s1. The monoisotopic (exact) mass is 308 g/mol. The molecule has 3 heterocycles. The van der Waals surface area contributed by atoms with E-state index in [9.17, 15) is 13.9 Å². The van der Waals surface area contributed by atoms with Crippen LogP contribution in [0, 0.1) is 11.6 Å². The van der Waals surface area contributed by atoms with Crippen molar-refractivity contribution in [1.82, 2.24) is 9.55 Å². The summed E-state index contributed by atoms with van der Waals surface area (Å²) < 4.78 is 40.4. The van der Waals surface area contributed by atoms with Gasteiger partial charge in [0.05, 0.1) is 24.8 Å². The lowest BCUT2D eigenvalue weighted by atomic mass is 10.1. The molecule has 1 aromatic heterocycles. The summed E-state index contributed by atoms with van der Waals surface area (Å²) in [6.45, 7) is 0.539. The predicted molar refractivity (Wildman–Crippen MR) is 72.1 cm³/mol. The minimum absolute atomic E-state index is 0.0898. The van der Waals surface area contributed by atoms with Crippen LogP contribution >= 0.6 is 0 Å². The molecule has 0 aliphatic carbocycles. The van der Waals surface area contributed by atoms with E-state index in [2.05, 4.69) is 4.98 Å². The molecule has 0 bridgehead atoms. The lowest BCUT2D eigenvalue weighted by molar-refractivity contribution is 0.0172. The molecule has 1 aromatic carbocycles. The van der Waals surface area contributed by atoms with Crippen LogP contribution in [0.2, 0.25) is 0 Å². The van der Waals surface area contributed by atoms with Crippen LogP contribution in [0.1, 0.15) is 6.04 Å². The maximum absolute atomic E-state index is 14.0. The first-order valence-corrected chi connectivity index (χ1v) is 7.05. The van der Waals surface area contributed by atoms with E-state index in [0.717, 1.165) is 6.07 Å². The number of ether oxygens (including phenoxy) is 2. The van der Waals surface area contributed by atoms with Crippen molar-refractivity contribution < 1.29 is 23.4 Å². The van der Waals surface area contributed by atoms with Gasteiger partial charge in [0.15, 0.2) is 11.6 Å². The van der Waals surface area contributed by atoms with E-state index in [0.29, 0.717) is 12.4 Å². The first-order valence-electron chi connectivity index (χ1n) is 7.05. The molecule has 5 nitrogen and oxygen atoms in total. The van der Waals surface area contributed by atoms with Gasteiger partial charge >= 0.3 is 0 Å². The summed E-state index contributed by atoms with van der Waals surface area (Å²) in [7, 11) is 0. The fourth-order valence-electron chi connectivity index (χ4n) is 3.16. The van der Waals surface area contributed by atoms with Gasteiger partial charge in [-0.3, -0.25) is 0 Å². The average Bonchev–Trinajstić information content (AvgIpc) is 3.19. The highest BCUT2D eigenvalue weighted by atomic mass is 19.2. The zero-order valence-electron chi connectivity index (χ0n) is 11.5. The van der Waals surface area contributed by atoms with Gasteiger partial charge in [-0.25, -0.2) is 13.8 Å². The third kappa shape index (κ3) is 1.97. The van der Waals surface area contributed by atoms with Crippen LogP contribution < -0.4 is 0 Å². The van der Waals surface area contributed by atoms with Crippen LogP contribution in [0.25, 0.3) is 11.4 Å². The molecular formula is C15H14F2N2O3. The van der Waals surface area contributed by atoms with Gasteiger partial charge in [-0.05, 0) is 12.1 Å². The van der Waals surface area contributed by atoms with Crippen LogP contribution in [0.15, 0.2) is 30.6 Å². The van der Waals surface area contributed by atoms with E-state index >= 15 is 0 Å². The fraction of sp³-hybridized carbons (Fsp3) is 0.400. The molecule has 0 spiro atoms. The van der Waals surface area contributed by atoms with Crippen LogP contribution in [0.4, 0.5) is 8.78 Å². The predicted octanol–water partition coefficient (Wildman–Crippen LogP) is 1.53. The van der Waals surface area contributed by atoms with Gasteiger partial charge < -0.3 is 19.1 Å². The Morgan fingerprint density at radius 2 is 2.00 bits per heavy atom. The summed E-state index contributed by atoms with van der Waals surface area (Å²) in [5.41, 5.74) is 0.0898. The number of aliphatic hydroxyl groups is 1. The van der Waals surface area contributed by atoms with Crippen molar-refractivity contribution >= 4 is 0 Å². The lowest BCUT2D eigenvalue weighted by Crippen LogP contribution is -2.30. The quantitative estimate of drug-likeness (QED) is 0.914. The number of hydrogen-bond acceptors (Lipinski definition) is 4. The van der Waals surface area contributed by atoms with Crippen molar-refractivity contribution in [2.75, 3.05) is 13.2 Å². The fourth-order valence-corrected chi connectivity index (χ4v) is 3.16. The first kappa shape index (κ1) is 13.8. The summed E-state index contributed by atoms with van der Waals surface area (Å²) >= 11 is 0. The first-order chi connectivity index (χ1) is 10.7. The molecule has 4 atom stereocenters. The highest BCUT2D eigenvalue weighted by Crippen LogP contribution is 2.36. The molecule has 1 N–H and O–H groups in total. The number of halogens is 2. The Bertz CT molecular complexity index is 706. The van der Waals surface area contributed by atoms with Crippen molar-refractivity contribution in [2.24, 2.45) is 0 Å². The summed E-state index contributed by atoms with van der Waals surface area (Å²) in [5.74, 6) is -1.53. The zero-order chi connectivity index (χ0) is 15.3. The number of nitrogens with zero attached hydrogens (tertiary/aromatic N) is 2. The summed E-state index contributed by atoms with van der Waals surface area (Å²) in [6, 6.07) is 3.75. The van der Waals surface area contributed by atoms with E-state index in [1.807, 2.05) is 0 Å². The van der Waals surface area contributed by atoms with Crippen LogP contribution in [-0.2, 0) is 9.47 Å². The molecule has 2 aromatic rings. The molecule has 22 heavy (non-hydrogen) atoms. The minimum Gasteiger partial charge on any atom is -0.388 e. The maximum Gasteiger partial charge on any atom is 0.169 e. The number of rotatable bonds is 2. The van der Waals surface area contributed by atoms with Gasteiger partial charge in [0.25, 0.3) is 0 Å². The Hall–Kier alpha value is -1.83. The van der Waals surface area contributed by atoms with Crippen LogP contribution in [-0.4, -0.2) is 46.2 Å². The molecule has 2 aliphatic heterocycles. The highest BCUT2D eigenvalue weighted by molar-refractivity contribution is 5.57. The van der Waals surface area contributed by atoms with Crippen molar-refractivity contribution in [2.45, 2.75) is 24.4 Å². The Balaban J connectivity index is 1.73. The number of benzene rings is 1. The summed E-state index contributed by atoms with van der Waals surface area (Å²) in [4.78, 5) is 4.15. The zero-order valence-corrected chi connectivity index (χ0v) is 11.5. The molecule has 0 saturated carbocycles. The summed E-state index contributed by atoms with van der Waals surface area (Å²) in [5, 5.41) is 9.80. The molecule has 7 heteroatoms. The van der Waals surface area contributed by atoms with Gasteiger partial charge in [-0.15, -0.1) is 0 Å². The molecule has 2 saturated heterocycles. The second-order valence-corrected chi connectivity index (χ2v) is 5.49. The number of fused-ring (bicyclic) bond motifs is 1. The van der Waals surface area contributed by atoms with Crippen molar-refractivity contribution in [3.63, 3.8) is 0 Å². The van der Waals surface area contributed by atoms with Gasteiger partial charge in [0.2, 0.25) is 0 Å². The largest absolute Gasteiger partial charge is 0.388 e. The van der Waals surface area contributed by atoms with E-state index in [1.165, 1.54) is 18.3 Å². The molecule has 2 fully saturated rings. The van der Waals surface area contributed by atoms with Crippen LogP contribution in [0.3, 0.4) is 0 Å². The number of aliphatic hydroxyl groups excluding tert-OH is 1. The topological polar surface area (TPSA) is 56.5 Å². The molecule has 0 radical (unpaired) electrons. The second kappa shape index (κ2) is 5.12. The number of imidazole rings is 1. The smallest absolute Gasteiger partial charge is 0.169 e. The molecule has 0 amide bonds. The Morgan fingerprint density at radius 1 is 1.18 bits per heavy atom. The molecule has 0 unspecified atom stereocenters. The Kier molecular flexibility index (Phi) is 3.21. The van der Waals surface area contributed by atoms with Crippen molar-refractivity contribution in [3.8, 4) is 11.4 Å². The van der Waals surface area contributed by atoms with Gasteiger partial charge in [0, 0.05) is 12.4 Å². The normalized spacial score (nSPS) is 30.7. The third-order valence-electron chi connectivity index (χ3n) is 4.22. The van der Waals surface area contributed by atoms with Gasteiger partial charge in [0.1, 0.15) is 24.1 Å². The number of hydrogen-bond donors (Lipinski definition) is 1. The summed E-state index contributed by atoms with van der Waals surface area (Å²) in [6.07, 6.45) is 1.84. The average molecular weight is 308 g/mol. The van der Waals surface area contributed by atoms with Crippen LogP contribution in [0.5, 0.6) is 0 Å². The number of aromatic nitrogens is 2. The molecular weight excluding hydrogens is 294 g/mol. The Morgan fingerprint density at radius 3 is 2.86 bits per heavy atom. The highest BCUT2D eigenvalue weighted by Gasteiger charge is 2.48. The Labute approximate surface area is 125 Å². The molecule has 4 rings (SSSR count). The van der Waals surface area contributed by atoms with Crippen molar-refractivity contribution in [3.05, 3.63) is 42.2 Å². The van der Waals surface area contributed by atoms with E-state index in [4.69, 9.17) is 9.47 Å². The SMILES string of the molecule is O[C@@H]1CO[C@H]2[C@@H]1OC[C@@H]2n1ccnc1-c1cccc(F)c1F. The van der Waals surface area contributed by atoms with E-state index < -0.39 is 23.8 Å². The molecule has 116 valence electrons. The maximum atomic E-state index is 14.0. The van der Waals surface area contributed by atoms with Gasteiger partial charge in [-0.1, -0.05) is 6.07 Å². The van der Waals surface area contributed by atoms with Crippen molar-refractivity contribution in [1.29, 1.82) is 0 Å². The lowest BCUT2D eigenvalue weighted by Gasteiger charge is -2.19. The minimum atomic E-state index is -0.933. The van der Waals surface area contributed by atoms with Gasteiger partial charge in [-0.2, -0.15) is 0 Å². The molecule has 2 aliphatic rings. The second-order valence-electron chi connectivity index (χ2n) is 5.49. The van der Waals surface area contributed by atoms with E-state index in [-0.39, 0.29) is 24.3 Å².